The van der Waals surface area contributed by atoms with Crippen LogP contribution in [0.1, 0.15) is 29.2 Å². The van der Waals surface area contributed by atoms with Gasteiger partial charge in [0.1, 0.15) is 5.82 Å². The molecule has 136 valence electrons. The number of benzene rings is 1. The summed E-state index contributed by atoms with van der Waals surface area (Å²) < 4.78 is 4.61. The summed E-state index contributed by atoms with van der Waals surface area (Å²) in [7, 11) is 2.13. The number of likely N-dealkylation sites (tertiary alicyclic amines) is 1. The number of imidazole rings is 1. The zero-order chi connectivity index (χ0) is 17.9. The lowest BCUT2D eigenvalue weighted by molar-refractivity contribution is 0.308. The maximum atomic E-state index is 4.73. The minimum Gasteiger partial charge on any atom is -0.353 e. The van der Waals surface area contributed by atoms with E-state index in [2.05, 4.69) is 76.7 Å². The number of nitrogens with zero attached hydrogens (tertiary/aromatic N) is 4. The van der Waals surface area contributed by atoms with Gasteiger partial charge in [-0.25, -0.2) is 4.98 Å². The van der Waals surface area contributed by atoms with Gasteiger partial charge in [-0.1, -0.05) is 30.3 Å². The Bertz CT molecular complexity index is 846. The van der Waals surface area contributed by atoms with Crippen molar-refractivity contribution in [2.24, 2.45) is 13.0 Å². The molecule has 1 aliphatic rings. The van der Waals surface area contributed by atoms with Gasteiger partial charge >= 0.3 is 0 Å². The number of hydrogen-bond acceptors (Lipinski definition) is 2. The van der Waals surface area contributed by atoms with E-state index in [4.69, 9.17) is 4.98 Å². The zero-order valence-corrected chi connectivity index (χ0v) is 15.8. The molecule has 0 spiro atoms. The van der Waals surface area contributed by atoms with Crippen LogP contribution in [0.4, 0.5) is 0 Å². The molecule has 1 unspecified atom stereocenters. The van der Waals surface area contributed by atoms with Crippen LogP contribution in [0, 0.1) is 12.8 Å². The van der Waals surface area contributed by atoms with Crippen LogP contribution in [-0.4, -0.2) is 32.1 Å². The molecular weight excluding hydrogens is 320 g/mol. The van der Waals surface area contributed by atoms with Crippen molar-refractivity contribution in [2.45, 2.75) is 32.9 Å². The second kappa shape index (κ2) is 7.50. The van der Waals surface area contributed by atoms with Gasteiger partial charge in [-0.2, -0.15) is 0 Å². The molecule has 1 aromatic carbocycles. The number of hydrogen-bond donors (Lipinski definition) is 0. The van der Waals surface area contributed by atoms with Crippen LogP contribution in [0.15, 0.2) is 54.9 Å². The van der Waals surface area contributed by atoms with Crippen LogP contribution in [0.3, 0.4) is 0 Å². The van der Waals surface area contributed by atoms with E-state index in [9.17, 15) is 0 Å². The average Bonchev–Trinajstić information content (AvgIpc) is 3.34. The predicted molar refractivity (Wildman–Crippen MR) is 105 cm³/mol. The Labute approximate surface area is 156 Å². The summed E-state index contributed by atoms with van der Waals surface area (Å²) in [5, 5.41) is 0. The molecular formula is C22H28N4. The molecule has 0 bridgehead atoms. The van der Waals surface area contributed by atoms with Crippen molar-refractivity contribution in [2.75, 3.05) is 13.1 Å². The molecule has 1 fully saturated rings. The van der Waals surface area contributed by atoms with Crippen molar-refractivity contribution in [3.05, 3.63) is 77.6 Å². The summed E-state index contributed by atoms with van der Waals surface area (Å²) in [6, 6.07) is 15.0. The van der Waals surface area contributed by atoms with Crippen LogP contribution in [0.2, 0.25) is 0 Å². The van der Waals surface area contributed by atoms with E-state index < -0.39 is 0 Å². The first-order valence-corrected chi connectivity index (χ1v) is 9.56. The van der Waals surface area contributed by atoms with Crippen LogP contribution in [0.5, 0.6) is 0 Å². The third-order valence-corrected chi connectivity index (χ3v) is 5.60. The second-order valence-electron chi connectivity index (χ2n) is 7.59. The lowest BCUT2D eigenvalue weighted by atomic mass is 10.0. The van der Waals surface area contributed by atoms with E-state index in [0.29, 0.717) is 5.92 Å². The van der Waals surface area contributed by atoms with Gasteiger partial charge in [0.25, 0.3) is 0 Å². The molecule has 1 aliphatic heterocycles. The Hall–Kier alpha value is -2.33. The largest absolute Gasteiger partial charge is 0.353 e. The minimum absolute atomic E-state index is 0.701. The SMILES string of the molecule is Cc1cnc(CC2CCN(Cc3cccn3C)C2)n1Cc1ccccc1. The second-order valence-corrected chi connectivity index (χ2v) is 7.59. The smallest absolute Gasteiger partial charge is 0.109 e. The average molecular weight is 348 g/mol. The quantitative estimate of drug-likeness (QED) is 0.680. The van der Waals surface area contributed by atoms with Gasteiger partial charge in [-0.15, -0.1) is 0 Å². The lowest BCUT2D eigenvalue weighted by Crippen LogP contribution is -2.22. The molecule has 0 N–H and O–H groups in total. The van der Waals surface area contributed by atoms with Crippen LogP contribution in [0.25, 0.3) is 0 Å². The fourth-order valence-corrected chi connectivity index (χ4v) is 4.03. The molecule has 4 rings (SSSR count). The molecule has 2 aromatic heterocycles. The molecule has 3 aromatic rings. The highest BCUT2D eigenvalue weighted by atomic mass is 15.2. The van der Waals surface area contributed by atoms with E-state index in [1.54, 1.807) is 0 Å². The molecule has 1 atom stereocenters. The number of aromatic nitrogens is 3. The summed E-state index contributed by atoms with van der Waals surface area (Å²) >= 11 is 0. The molecule has 4 nitrogen and oxygen atoms in total. The highest BCUT2D eigenvalue weighted by molar-refractivity contribution is 5.17. The molecule has 0 amide bonds. The van der Waals surface area contributed by atoms with Crippen LogP contribution in [-0.2, 0) is 26.6 Å². The highest BCUT2D eigenvalue weighted by Gasteiger charge is 2.25. The maximum absolute atomic E-state index is 4.73. The van der Waals surface area contributed by atoms with Gasteiger partial charge in [0.2, 0.25) is 0 Å². The third kappa shape index (κ3) is 3.75. The summed E-state index contributed by atoms with van der Waals surface area (Å²) in [6.07, 6.45) is 6.49. The van der Waals surface area contributed by atoms with E-state index in [1.807, 2.05) is 6.20 Å². The van der Waals surface area contributed by atoms with E-state index in [0.717, 1.165) is 19.5 Å². The Morgan fingerprint density at radius 1 is 1.08 bits per heavy atom. The van der Waals surface area contributed by atoms with Crippen molar-refractivity contribution < 1.29 is 0 Å². The third-order valence-electron chi connectivity index (χ3n) is 5.60. The monoisotopic (exact) mass is 348 g/mol. The van der Waals surface area contributed by atoms with Gasteiger partial charge in [0.05, 0.1) is 0 Å². The summed E-state index contributed by atoms with van der Waals surface area (Å²) in [5.41, 5.74) is 3.99. The first-order chi connectivity index (χ1) is 12.7. The Balaban J connectivity index is 1.40. The topological polar surface area (TPSA) is 26.0 Å². The maximum Gasteiger partial charge on any atom is 0.109 e. The summed E-state index contributed by atoms with van der Waals surface area (Å²) in [5.74, 6) is 1.93. The van der Waals surface area contributed by atoms with Crippen LogP contribution >= 0.6 is 0 Å². The minimum atomic E-state index is 0.701. The van der Waals surface area contributed by atoms with Gasteiger partial charge in [-0.3, -0.25) is 4.90 Å². The first kappa shape index (κ1) is 17.1. The molecule has 3 heterocycles. The zero-order valence-electron chi connectivity index (χ0n) is 15.8. The standard InChI is InChI=1S/C22H28N4/c1-18-14-23-22(26(18)16-19-7-4-3-5-8-19)13-20-10-12-25(15-20)17-21-9-6-11-24(21)2/h3-9,11,14,20H,10,12-13,15-17H2,1-2H3. The first-order valence-electron chi connectivity index (χ1n) is 9.56. The molecule has 0 radical (unpaired) electrons. The van der Waals surface area contributed by atoms with E-state index >= 15 is 0 Å². The molecule has 26 heavy (non-hydrogen) atoms. The van der Waals surface area contributed by atoms with Gasteiger partial charge in [0, 0.05) is 56.9 Å². The van der Waals surface area contributed by atoms with Gasteiger partial charge in [-0.05, 0) is 43.5 Å². The van der Waals surface area contributed by atoms with Crippen LogP contribution < -0.4 is 0 Å². The van der Waals surface area contributed by atoms with Gasteiger partial charge < -0.3 is 9.13 Å². The molecule has 4 heteroatoms. The molecule has 0 aliphatic carbocycles. The molecule has 0 saturated carbocycles. The number of rotatable bonds is 6. The Morgan fingerprint density at radius 3 is 2.69 bits per heavy atom. The lowest BCUT2D eigenvalue weighted by Gasteiger charge is -2.17. The normalized spacial score (nSPS) is 17.8. The van der Waals surface area contributed by atoms with Crippen molar-refractivity contribution in [3.8, 4) is 0 Å². The van der Waals surface area contributed by atoms with E-state index in [-0.39, 0.29) is 0 Å². The number of aryl methyl sites for hydroxylation is 2. The van der Waals surface area contributed by atoms with Crippen molar-refractivity contribution >= 4 is 0 Å². The summed E-state index contributed by atoms with van der Waals surface area (Å²) in [6.45, 7) is 6.49. The van der Waals surface area contributed by atoms with Crippen molar-refractivity contribution in [1.29, 1.82) is 0 Å². The Morgan fingerprint density at radius 2 is 1.92 bits per heavy atom. The molecule has 1 saturated heterocycles. The highest BCUT2D eigenvalue weighted by Crippen LogP contribution is 2.23. The van der Waals surface area contributed by atoms with Crippen molar-refractivity contribution in [1.82, 2.24) is 19.0 Å². The van der Waals surface area contributed by atoms with Crippen molar-refractivity contribution in [3.63, 3.8) is 0 Å². The van der Waals surface area contributed by atoms with Gasteiger partial charge in [0.15, 0.2) is 0 Å². The fraction of sp³-hybridized carbons (Fsp3) is 0.409. The fourth-order valence-electron chi connectivity index (χ4n) is 4.03. The Kier molecular flexibility index (Phi) is 4.93. The summed E-state index contributed by atoms with van der Waals surface area (Å²) in [4.78, 5) is 7.31. The van der Waals surface area contributed by atoms with E-state index in [1.165, 1.54) is 42.3 Å². The predicted octanol–water partition coefficient (Wildman–Crippen LogP) is 3.64.